The van der Waals surface area contributed by atoms with E-state index < -0.39 is 5.60 Å². The largest absolute Gasteiger partial charge is 0.393 e. The maximum absolute atomic E-state index is 10.6. The summed E-state index contributed by atoms with van der Waals surface area (Å²) in [7, 11) is 0. The standard InChI is InChI=1S/C15H28O2/c1-9(2)11-7-8-15(4,17)12-6-5-10(3)14(16)13(11)12/h9-14,16-17H,5-8H2,1-4H3. The van der Waals surface area contributed by atoms with Crippen LogP contribution in [0.15, 0.2) is 0 Å². The van der Waals surface area contributed by atoms with Gasteiger partial charge in [-0.2, -0.15) is 0 Å². The van der Waals surface area contributed by atoms with Gasteiger partial charge in [0.05, 0.1) is 11.7 Å². The van der Waals surface area contributed by atoms with E-state index in [4.69, 9.17) is 0 Å². The van der Waals surface area contributed by atoms with Crippen LogP contribution >= 0.6 is 0 Å². The van der Waals surface area contributed by atoms with E-state index in [9.17, 15) is 10.2 Å². The summed E-state index contributed by atoms with van der Waals surface area (Å²) in [6, 6.07) is 0. The van der Waals surface area contributed by atoms with Crippen LogP contribution in [0.2, 0.25) is 0 Å². The van der Waals surface area contributed by atoms with Gasteiger partial charge in [-0.25, -0.2) is 0 Å². The van der Waals surface area contributed by atoms with Crippen LogP contribution in [-0.4, -0.2) is 21.9 Å². The highest BCUT2D eigenvalue weighted by Crippen LogP contribution is 2.51. The predicted octanol–water partition coefficient (Wildman–Crippen LogP) is 2.83. The van der Waals surface area contributed by atoms with E-state index in [1.54, 1.807) is 0 Å². The van der Waals surface area contributed by atoms with Crippen LogP contribution in [0.1, 0.15) is 53.4 Å². The molecule has 2 heteroatoms. The summed E-state index contributed by atoms with van der Waals surface area (Å²) in [6.45, 7) is 8.65. The summed E-state index contributed by atoms with van der Waals surface area (Å²) in [5.74, 6) is 2.19. The molecule has 0 aliphatic heterocycles. The SMILES string of the molecule is CC(C)C1CCC(C)(O)C2CCC(C)C(O)C12. The molecule has 2 nitrogen and oxygen atoms in total. The fourth-order valence-electron chi connectivity index (χ4n) is 4.31. The van der Waals surface area contributed by atoms with Gasteiger partial charge in [0.25, 0.3) is 0 Å². The van der Waals surface area contributed by atoms with Crippen LogP contribution in [-0.2, 0) is 0 Å². The van der Waals surface area contributed by atoms with Gasteiger partial charge in [-0.3, -0.25) is 0 Å². The molecule has 2 saturated carbocycles. The second-order valence-corrected chi connectivity index (χ2v) is 7.03. The molecule has 0 radical (unpaired) electrons. The molecule has 6 unspecified atom stereocenters. The minimum absolute atomic E-state index is 0.215. The molecule has 2 fully saturated rings. The topological polar surface area (TPSA) is 40.5 Å². The van der Waals surface area contributed by atoms with Gasteiger partial charge in [0.1, 0.15) is 0 Å². The third-order valence-corrected chi connectivity index (χ3v) is 5.51. The van der Waals surface area contributed by atoms with Crippen molar-refractivity contribution in [3.05, 3.63) is 0 Å². The van der Waals surface area contributed by atoms with Crippen LogP contribution < -0.4 is 0 Å². The van der Waals surface area contributed by atoms with Crippen LogP contribution in [0.5, 0.6) is 0 Å². The Labute approximate surface area is 105 Å². The first-order chi connectivity index (χ1) is 7.84. The number of rotatable bonds is 1. The summed E-state index contributed by atoms with van der Waals surface area (Å²) >= 11 is 0. The first kappa shape index (κ1) is 13.4. The van der Waals surface area contributed by atoms with Crippen molar-refractivity contribution in [1.29, 1.82) is 0 Å². The summed E-state index contributed by atoms with van der Waals surface area (Å²) in [6.07, 6.45) is 3.89. The quantitative estimate of drug-likeness (QED) is 0.740. The number of fused-ring (bicyclic) bond motifs is 1. The normalized spacial score (nSPS) is 51.4. The zero-order chi connectivity index (χ0) is 12.8. The van der Waals surface area contributed by atoms with Crippen molar-refractivity contribution in [3.8, 4) is 0 Å². The van der Waals surface area contributed by atoms with E-state index in [1.165, 1.54) is 0 Å². The zero-order valence-electron chi connectivity index (χ0n) is 11.7. The fourth-order valence-corrected chi connectivity index (χ4v) is 4.31. The molecule has 2 aliphatic carbocycles. The van der Waals surface area contributed by atoms with Crippen LogP contribution in [0.25, 0.3) is 0 Å². The molecule has 0 bridgehead atoms. The van der Waals surface area contributed by atoms with E-state index in [-0.39, 0.29) is 6.10 Å². The molecule has 2 N–H and O–H groups in total. The minimum atomic E-state index is -0.558. The van der Waals surface area contributed by atoms with E-state index in [2.05, 4.69) is 20.8 Å². The summed E-state index contributed by atoms with van der Waals surface area (Å²) in [5.41, 5.74) is -0.558. The molecule has 0 spiro atoms. The van der Waals surface area contributed by atoms with Crippen LogP contribution in [0.3, 0.4) is 0 Å². The van der Waals surface area contributed by atoms with E-state index >= 15 is 0 Å². The monoisotopic (exact) mass is 240 g/mol. The van der Waals surface area contributed by atoms with Crippen LogP contribution in [0, 0.1) is 29.6 Å². The lowest BCUT2D eigenvalue weighted by atomic mass is 9.55. The van der Waals surface area contributed by atoms with Crippen molar-refractivity contribution >= 4 is 0 Å². The molecule has 100 valence electrons. The lowest BCUT2D eigenvalue weighted by Crippen LogP contribution is -2.55. The van der Waals surface area contributed by atoms with Crippen molar-refractivity contribution in [3.63, 3.8) is 0 Å². The Balaban J connectivity index is 2.27. The lowest BCUT2D eigenvalue weighted by molar-refractivity contribution is -0.153. The molecule has 0 amide bonds. The Morgan fingerprint density at radius 3 is 2.41 bits per heavy atom. The second kappa shape index (κ2) is 4.55. The van der Waals surface area contributed by atoms with Crippen molar-refractivity contribution in [1.82, 2.24) is 0 Å². The summed E-state index contributed by atoms with van der Waals surface area (Å²) in [4.78, 5) is 0. The molecule has 0 saturated heterocycles. The van der Waals surface area contributed by atoms with Gasteiger partial charge in [-0.05, 0) is 62.2 Å². The van der Waals surface area contributed by atoms with Gasteiger partial charge in [0, 0.05) is 0 Å². The predicted molar refractivity (Wildman–Crippen MR) is 69.6 cm³/mol. The minimum Gasteiger partial charge on any atom is -0.393 e. The zero-order valence-corrected chi connectivity index (χ0v) is 11.7. The molecule has 0 aromatic carbocycles. The molecule has 17 heavy (non-hydrogen) atoms. The Morgan fingerprint density at radius 2 is 1.82 bits per heavy atom. The molecule has 6 atom stereocenters. The summed E-state index contributed by atoms with van der Waals surface area (Å²) in [5, 5.41) is 21.1. The number of hydrogen-bond acceptors (Lipinski definition) is 2. The first-order valence-corrected chi connectivity index (χ1v) is 7.25. The van der Waals surface area contributed by atoms with Gasteiger partial charge in [-0.15, -0.1) is 0 Å². The Hall–Kier alpha value is -0.0800. The van der Waals surface area contributed by atoms with Crippen molar-refractivity contribution in [2.75, 3.05) is 0 Å². The Kier molecular flexibility index (Phi) is 3.57. The fraction of sp³-hybridized carbons (Fsp3) is 1.00. The lowest BCUT2D eigenvalue weighted by Gasteiger charge is -2.54. The van der Waals surface area contributed by atoms with Gasteiger partial charge < -0.3 is 10.2 Å². The van der Waals surface area contributed by atoms with Crippen LogP contribution in [0.4, 0.5) is 0 Å². The van der Waals surface area contributed by atoms with Gasteiger partial charge in [0.2, 0.25) is 0 Å². The van der Waals surface area contributed by atoms with Crippen molar-refractivity contribution < 1.29 is 10.2 Å². The molecular formula is C15H28O2. The smallest absolute Gasteiger partial charge is 0.0651 e. The van der Waals surface area contributed by atoms with Crippen molar-refractivity contribution in [2.45, 2.75) is 65.1 Å². The van der Waals surface area contributed by atoms with Gasteiger partial charge in [0.15, 0.2) is 0 Å². The molecule has 0 heterocycles. The highest BCUT2D eigenvalue weighted by molar-refractivity contribution is 5.01. The van der Waals surface area contributed by atoms with Gasteiger partial charge in [-0.1, -0.05) is 20.8 Å². The molecule has 2 rings (SSSR count). The Bertz CT molecular complexity index is 272. The van der Waals surface area contributed by atoms with Gasteiger partial charge >= 0.3 is 0 Å². The van der Waals surface area contributed by atoms with Crippen molar-refractivity contribution in [2.24, 2.45) is 29.6 Å². The van der Waals surface area contributed by atoms with E-state index in [1.807, 2.05) is 6.92 Å². The highest BCUT2D eigenvalue weighted by atomic mass is 16.3. The molecule has 2 aliphatic rings. The van der Waals surface area contributed by atoms with E-state index in [0.717, 1.165) is 25.7 Å². The maximum atomic E-state index is 10.6. The third-order valence-electron chi connectivity index (χ3n) is 5.51. The highest BCUT2D eigenvalue weighted by Gasteiger charge is 2.51. The number of aliphatic hydroxyl groups is 2. The third kappa shape index (κ3) is 2.26. The molecule has 0 aromatic heterocycles. The Morgan fingerprint density at radius 1 is 1.18 bits per heavy atom. The average molecular weight is 240 g/mol. The van der Waals surface area contributed by atoms with E-state index in [0.29, 0.717) is 29.6 Å². The number of aliphatic hydroxyl groups excluding tert-OH is 1. The first-order valence-electron chi connectivity index (χ1n) is 7.25. The molecule has 0 aromatic rings. The summed E-state index contributed by atoms with van der Waals surface area (Å²) < 4.78 is 0. The molecular weight excluding hydrogens is 212 g/mol. The average Bonchev–Trinajstić information content (AvgIpc) is 2.23. The maximum Gasteiger partial charge on any atom is 0.0651 e. The second-order valence-electron chi connectivity index (χ2n) is 7.03. The number of hydrogen-bond donors (Lipinski definition) is 2.